The fourth-order valence-corrected chi connectivity index (χ4v) is 3.67. The summed E-state index contributed by atoms with van der Waals surface area (Å²) in [6.07, 6.45) is 3.60. The molecule has 2 N–H and O–H groups in total. The maximum Gasteiger partial charge on any atom is 0.333 e. The van der Waals surface area contributed by atoms with Crippen LogP contribution in [0.1, 0.15) is 64.4 Å². The van der Waals surface area contributed by atoms with Crippen LogP contribution < -0.4 is 10.6 Å². The van der Waals surface area contributed by atoms with Crippen molar-refractivity contribution in [2.75, 3.05) is 30.8 Å². The van der Waals surface area contributed by atoms with Gasteiger partial charge in [0.05, 0.1) is 17.7 Å². The summed E-state index contributed by atoms with van der Waals surface area (Å²) >= 11 is 0. The molecule has 0 bridgehead atoms. The van der Waals surface area contributed by atoms with Crippen LogP contribution in [0.2, 0.25) is 0 Å². The van der Waals surface area contributed by atoms with Crippen LogP contribution in [-0.4, -0.2) is 37.7 Å². The molecule has 162 valence electrons. The molecule has 6 heteroatoms. The lowest BCUT2D eigenvalue weighted by molar-refractivity contribution is -0.139. The van der Waals surface area contributed by atoms with Crippen molar-refractivity contribution < 1.29 is 19.1 Å². The van der Waals surface area contributed by atoms with E-state index in [1.165, 1.54) is 0 Å². The third kappa shape index (κ3) is 4.85. The number of ketones is 2. The second-order valence-electron chi connectivity index (χ2n) is 7.62. The smallest absolute Gasteiger partial charge is 0.333 e. The highest BCUT2D eigenvalue weighted by atomic mass is 16.5. The molecule has 0 amide bonds. The van der Waals surface area contributed by atoms with Crippen LogP contribution in [0.25, 0.3) is 0 Å². The normalized spacial score (nSPS) is 12.1. The largest absolute Gasteiger partial charge is 0.462 e. The van der Waals surface area contributed by atoms with Gasteiger partial charge in [-0.3, -0.25) is 9.59 Å². The number of fused-ring (bicyclic) bond motifs is 2. The van der Waals surface area contributed by atoms with Gasteiger partial charge in [-0.25, -0.2) is 4.79 Å². The van der Waals surface area contributed by atoms with E-state index in [4.69, 9.17) is 4.74 Å². The Labute approximate surface area is 182 Å². The zero-order valence-corrected chi connectivity index (χ0v) is 18.0. The first kappa shape index (κ1) is 22.3. The molecule has 0 saturated carbocycles. The first-order valence-corrected chi connectivity index (χ1v) is 10.6. The zero-order valence-electron chi connectivity index (χ0n) is 18.0. The van der Waals surface area contributed by atoms with E-state index < -0.39 is 0 Å². The van der Waals surface area contributed by atoms with E-state index in [0.29, 0.717) is 52.4 Å². The molecule has 0 radical (unpaired) electrons. The topological polar surface area (TPSA) is 84.5 Å². The summed E-state index contributed by atoms with van der Waals surface area (Å²) in [5, 5.41) is 6.36. The second-order valence-corrected chi connectivity index (χ2v) is 7.62. The molecule has 0 heterocycles. The van der Waals surface area contributed by atoms with E-state index in [1.54, 1.807) is 38.2 Å². The highest BCUT2D eigenvalue weighted by Crippen LogP contribution is 2.36. The van der Waals surface area contributed by atoms with E-state index in [1.807, 2.05) is 12.1 Å². The number of anilines is 2. The molecule has 0 aliphatic heterocycles. The van der Waals surface area contributed by atoms with Gasteiger partial charge in [0.1, 0.15) is 0 Å². The summed E-state index contributed by atoms with van der Waals surface area (Å²) < 4.78 is 5.08. The van der Waals surface area contributed by atoms with Gasteiger partial charge in [-0.2, -0.15) is 0 Å². The molecule has 2 aromatic carbocycles. The molecule has 0 aromatic heterocycles. The van der Waals surface area contributed by atoms with Crippen molar-refractivity contribution in [3.63, 3.8) is 0 Å². The van der Waals surface area contributed by atoms with E-state index in [0.717, 1.165) is 25.7 Å². The van der Waals surface area contributed by atoms with E-state index in [9.17, 15) is 14.4 Å². The lowest BCUT2D eigenvalue weighted by atomic mass is 9.82. The van der Waals surface area contributed by atoms with Crippen LogP contribution in [0.5, 0.6) is 0 Å². The summed E-state index contributed by atoms with van der Waals surface area (Å²) in [7, 11) is 1.74. The van der Waals surface area contributed by atoms with Gasteiger partial charge in [-0.1, -0.05) is 37.3 Å². The Morgan fingerprint density at radius 3 is 2.10 bits per heavy atom. The van der Waals surface area contributed by atoms with Gasteiger partial charge in [0.15, 0.2) is 11.6 Å². The van der Waals surface area contributed by atoms with Gasteiger partial charge in [0.25, 0.3) is 0 Å². The fraction of sp³-hybridized carbons (Fsp3) is 0.320. The predicted molar refractivity (Wildman–Crippen MR) is 122 cm³/mol. The molecule has 1 aliphatic carbocycles. The van der Waals surface area contributed by atoms with Crippen molar-refractivity contribution in [2.45, 2.75) is 32.6 Å². The third-order valence-electron chi connectivity index (χ3n) is 5.31. The summed E-state index contributed by atoms with van der Waals surface area (Å²) in [6.45, 7) is 6.26. The van der Waals surface area contributed by atoms with E-state index in [2.05, 4.69) is 17.2 Å². The molecule has 0 unspecified atom stereocenters. The quantitative estimate of drug-likeness (QED) is 0.283. The molecule has 31 heavy (non-hydrogen) atoms. The van der Waals surface area contributed by atoms with Crippen molar-refractivity contribution >= 4 is 28.9 Å². The maximum atomic E-state index is 13.2. The second kappa shape index (κ2) is 10.1. The van der Waals surface area contributed by atoms with Crippen LogP contribution in [0.15, 0.2) is 48.6 Å². The van der Waals surface area contributed by atoms with Crippen LogP contribution in [0.4, 0.5) is 11.4 Å². The summed E-state index contributed by atoms with van der Waals surface area (Å²) in [4.78, 5) is 37.6. The highest BCUT2D eigenvalue weighted by molar-refractivity contribution is 6.31. The lowest BCUT2D eigenvalue weighted by Gasteiger charge is -2.23. The minimum atomic E-state index is -0.350. The number of benzene rings is 2. The van der Waals surface area contributed by atoms with Gasteiger partial charge in [0.2, 0.25) is 0 Å². The Morgan fingerprint density at radius 2 is 1.48 bits per heavy atom. The number of carbonyl (C=O) groups is 3. The third-order valence-corrected chi connectivity index (χ3v) is 5.31. The van der Waals surface area contributed by atoms with Crippen molar-refractivity contribution in [1.29, 1.82) is 0 Å². The molecule has 3 rings (SSSR count). The average Bonchev–Trinajstić information content (AvgIpc) is 2.78. The Morgan fingerprint density at radius 1 is 0.903 bits per heavy atom. The molecular formula is C25H28N2O4. The van der Waals surface area contributed by atoms with Gasteiger partial charge in [0, 0.05) is 41.7 Å². The molecular weight excluding hydrogens is 392 g/mol. The number of carbonyl (C=O) groups excluding carboxylic acids is 3. The van der Waals surface area contributed by atoms with Crippen LogP contribution in [-0.2, 0) is 9.53 Å². The SMILES string of the molecule is C=C(C)C(=O)OCCCCCCNc1ccc(NC)c2c1C(=O)c1ccccc1C2=O. The first-order valence-electron chi connectivity index (χ1n) is 10.6. The molecule has 0 atom stereocenters. The van der Waals surface area contributed by atoms with Crippen molar-refractivity contribution in [2.24, 2.45) is 0 Å². The van der Waals surface area contributed by atoms with Gasteiger partial charge in [-0.05, 0) is 38.3 Å². The van der Waals surface area contributed by atoms with Gasteiger partial charge in [-0.15, -0.1) is 0 Å². The van der Waals surface area contributed by atoms with Crippen LogP contribution in [0, 0.1) is 0 Å². The Balaban J connectivity index is 1.61. The number of rotatable bonds is 10. The highest BCUT2D eigenvalue weighted by Gasteiger charge is 2.33. The molecule has 0 fully saturated rings. The summed E-state index contributed by atoms with van der Waals surface area (Å²) in [6, 6.07) is 10.6. The van der Waals surface area contributed by atoms with Crippen molar-refractivity contribution in [3.8, 4) is 0 Å². The minimum absolute atomic E-state index is 0.135. The zero-order chi connectivity index (χ0) is 22.4. The number of unbranched alkanes of at least 4 members (excludes halogenated alkanes) is 3. The standard InChI is InChI=1S/C25H28N2O4/c1-16(2)25(30)31-15-9-5-4-8-14-27-20-13-12-19(26-3)21-22(20)24(29)18-11-7-6-10-17(18)23(21)28/h6-7,10-13,26-27H,1,4-5,8-9,14-15H2,2-3H3. The van der Waals surface area contributed by atoms with Gasteiger partial charge < -0.3 is 15.4 Å². The summed E-state index contributed by atoms with van der Waals surface area (Å²) in [5.74, 6) is -0.621. The number of ether oxygens (including phenoxy) is 1. The number of hydrogen-bond acceptors (Lipinski definition) is 6. The molecule has 2 aromatic rings. The van der Waals surface area contributed by atoms with Crippen molar-refractivity contribution in [1.82, 2.24) is 0 Å². The summed E-state index contributed by atoms with van der Waals surface area (Å²) in [5.41, 5.74) is 3.49. The Bertz CT molecular complexity index is 1030. The molecule has 0 spiro atoms. The van der Waals surface area contributed by atoms with Gasteiger partial charge >= 0.3 is 5.97 Å². The number of esters is 1. The minimum Gasteiger partial charge on any atom is -0.462 e. The fourth-order valence-electron chi connectivity index (χ4n) is 3.67. The molecule has 6 nitrogen and oxygen atoms in total. The Hall–Kier alpha value is -3.41. The Kier molecular flexibility index (Phi) is 7.23. The lowest BCUT2D eigenvalue weighted by Crippen LogP contribution is -2.24. The number of hydrogen-bond donors (Lipinski definition) is 2. The first-order chi connectivity index (χ1) is 15.0. The van der Waals surface area contributed by atoms with E-state index >= 15 is 0 Å². The molecule has 1 aliphatic rings. The monoisotopic (exact) mass is 420 g/mol. The van der Waals surface area contributed by atoms with E-state index in [-0.39, 0.29) is 17.5 Å². The predicted octanol–water partition coefficient (Wildman–Crippen LogP) is 4.60. The van der Waals surface area contributed by atoms with Crippen molar-refractivity contribution in [3.05, 3.63) is 70.8 Å². The number of nitrogens with one attached hydrogen (secondary N) is 2. The van der Waals surface area contributed by atoms with Crippen LogP contribution >= 0.6 is 0 Å². The van der Waals surface area contributed by atoms with Crippen LogP contribution in [0.3, 0.4) is 0 Å². The average molecular weight is 421 g/mol. The molecule has 0 saturated heterocycles. The maximum absolute atomic E-state index is 13.2.